The Bertz CT molecular complexity index is 483. The lowest BCUT2D eigenvalue weighted by Crippen LogP contribution is -2.19. The molecule has 0 aliphatic carbocycles. The highest BCUT2D eigenvalue weighted by molar-refractivity contribution is 5.30. The van der Waals surface area contributed by atoms with Crippen LogP contribution in [0, 0.1) is 6.92 Å². The zero-order valence-corrected chi connectivity index (χ0v) is 9.29. The lowest BCUT2D eigenvalue weighted by Gasteiger charge is -2.10. The van der Waals surface area contributed by atoms with Gasteiger partial charge in [0, 0.05) is 19.2 Å². The number of hydrogen-bond donors (Lipinski definition) is 1. The number of fused-ring (bicyclic) bond motifs is 1. The molecule has 0 amide bonds. The molecule has 0 radical (unpaired) electrons. The number of aliphatic hydroxyl groups is 1. The zero-order valence-electron chi connectivity index (χ0n) is 9.29. The van der Waals surface area contributed by atoms with Crippen LogP contribution in [0.25, 0.3) is 5.78 Å². The number of rotatable bonds is 4. The van der Waals surface area contributed by atoms with Crippen LogP contribution in [-0.2, 0) is 11.2 Å². The Hall–Kier alpha value is -1.53. The summed E-state index contributed by atoms with van der Waals surface area (Å²) >= 11 is 0. The second-order valence-corrected chi connectivity index (χ2v) is 3.67. The van der Waals surface area contributed by atoms with Crippen LogP contribution >= 0.6 is 0 Å². The molecule has 1 N–H and O–H groups in total. The topological polar surface area (TPSA) is 72.5 Å². The minimum atomic E-state index is -0.542. The van der Waals surface area contributed by atoms with Gasteiger partial charge in [-0.2, -0.15) is 10.1 Å². The smallest absolute Gasteiger partial charge is 0.252 e. The number of ether oxygens (including phenoxy) is 1. The summed E-state index contributed by atoms with van der Waals surface area (Å²) in [6.07, 6.45) is 1.38. The first-order valence-corrected chi connectivity index (χ1v) is 5.04. The Morgan fingerprint density at radius 3 is 3.12 bits per heavy atom. The van der Waals surface area contributed by atoms with Gasteiger partial charge >= 0.3 is 0 Å². The van der Waals surface area contributed by atoms with E-state index in [0.29, 0.717) is 18.8 Å². The van der Waals surface area contributed by atoms with E-state index in [-0.39, 0.29) is 0 Å². The molecule has 0 fully saturated rings. The molecule has 2 aromatic rings. The maximum Gasteiger partial charge on any atom is 0.252 e. The molecule has 6 heteroatoms. The van der Waals surface area contributed by atoms with Crippen LogP contribution in [0.5, 0.6) is 0 Å². The lowest BCUT2D eigenvalue weighted by molar-refractivity contribution is 0.0641. The molecule has 6 nitrogen and oxygen atoms in total. The van der Waals surface area contributed by atoms with E-state index >= 15 is 0 Å². The van der Waals surface area contributed by atoms with E-state index in [2.05, 4.69) is 15.1 Å². The van der Waals surface area contributed by atoms with Crippen LogP contribution < -0.4 is 0 Å². The largest absolute Gasteiger partial charge is 0.390 e. The van der Waals surface area contributed by atoms with E-state index in [1.54, 1.807) is 11.6 Å². The van der Waals surface area contributed by atoms with E-state index in [1.165, 1.54) is 6.33 Å². The van der Waals surface area contributed by atoms with Crippen molar-refractivity contribution >= 4 is 5.78 Å². The monoisotopic (exact) mass is 222 g/mol. The van der Waals surface area contributed by atoms with Crippen molar-refractivity contribution in [3.63, 3.8) is 0 Å². The van der Waals surface area contributed by atoms with E-state index in [9.17, 15) is 5.11 Å². The van der Waals surface area contributed by atoms with Gasteiger partial charge in [0.15, 0.2) is 0 Å². The molecule has 0 aliphatic heterocycles. The Morgan fingerprint density at radius 1 is 1.56 bits per heavy atom. The summed E-state index contributed by atoms with van der Waals surface area (Å²) < 4.78 is 6.52. The fourth-order valence-electron chi connectivity index (χ4n) is 1.64. The van der Waals surface area contributed by atoms with Gasteiger partial charge in [0.05, 0.1) is 18.4 Å². The molecular formula is C10H14N4O2. The third-order valence-corrected chi connectivity index (χ3v) is 2.26. The molecule has 0 aromatic carbocycles. The SMILES string of the molecule is COCC(O)Cc1cc(C)nc2ncnn12. The number of hydrogen-bond acceptors (Lipinski definition) is 5. The highest BCUT2D eigenvalue weighted by Gasteiger charge is 2.10. The average Bonchev–Trinajstić information content (AvgIpc) is 2.65. The lowest BCUT2D eigenvalue weighted by atomic mass is 10.2. The fourth-order valence-corrected chi connectivity index (χ4v) is 1.64. The molecule has 1 unspecified atom stereocenters. The number of aryl methyl sites for hydroxylation is 1. The molecule has 0 spiro atoms. The molecule has 0 aliphatic rings. The van der Waals surface area contributed by atoms with Crippen molar-refractivity contribution < 1.29 is 9.84 Å². The molecular weight excluding hydrogens is 208 g/mol. The van der Waals surface area contributed by atoms with Crippen LogP contribution in [0.2, 0.25) is 0 Å². The van der Waals surface area contributed by atoms with Crippen LogP contribution in [0.1, 0.15) is 11.4 Å². The highest BCUT2D eigenvalue weighted by atomic mass is 16.5. The molecule has 0 saturated heterocycles. The number of aromatic nitrogens is 4. The van der Waals surface area contributed by atoms with E-state index in [1.807, 2.05) is 13.0 Å². The van der Waals surface area contributed by atoms with E-state index in [4.69, 9.17) is 4.74 Å². The summed E-state index contributed by atoms with van der Waals surface area (Å²) in [5, 5.41) is 13.7. The molecule has 0 saturated carbocycles. The van der Waals surface area contributed by atoms with Crippen molar-refractivity contribution in [1.29, 1.82) is 0 Å². The minimum absolute atomic E-state index is 0.303. The van der Waals surface area contributed by atoms with Crippen LogP contribution in [0.3, 0.4) is 0 Å². The molecule has 16 heavy (non-hydrogen) atoms. The Morgan fingerprint density at radius 2 is 2.38 bits per heavy atom. The van der Waals surface area contributed by atoms with E-state index in [0.717, 1.165) is 11.4 Å². The summed E-state index contributed by atoms with van der Waals surface area (Å²) in [7, 11) is 1.56. The Kier molecular flexibility index (Phi) is 3.12. The third kappa shape index (κ3) is 2.17. The van der Waals surface area contributed by atoms with Crippen LogP contribution in [0.4, 0.5) is 0 Å². The van der Waals surface area contributed by atoms with E-state index < -0.39 is 6.10 Å². The van der Waals surface area contributed by atoms with Crippen molar-refractivity contribution in [1.82, 2.24) is 19.6 Å². The van der Waals surface area contributed by atoms with Gasteiger partial charge in [0.2, 0.25) is 0 Å². The first-order chi connectivity index (χ1) is 7.70. The number of nitrogens with zero attached hydrogens (tertiary/aromatic N) is 4. The molecule has 86 valence electrons. The molecule has 0 bridgehead atoms. The van der Waals surface area contributed by atoms with Crippen molar-refractivity contribution in [2.75, 3.05) is 13.7 Å². The predicted octanol–water partition coefficient (Wildman–Crippen LogP) is -0.0175. The first-order valence-electron chi connectivity index (χ1n) is 5.04. The molecule has 1 atom stereocenters. The second kappa shape index (κ2) is 4.54. The fraction of sp³-hybridized carbons (Fsp3) is 0.500. The molecule has 2 heterocycles. The third-order valence-electron chi connectivity index (χ3n) is 2.26. The first kappa shape index (κ1) is 11.0. The highest BCUT2D eigenvalue weighted by Crippen LogP contribution is 2.07. The van der Waals surface area contributed by atoms with Crippen molar-refractivity contribution in [3.05, 3.63) is 23.8 Å². The number of methoxy groups -OCH3 is 1. The maximum atomic E-state index is 9.68. The predicted molar refractivity (Wildman–Crippen MR) is 57.1 cm³/mol. The van der Waals surface area contributed by atoms with Gasteiger partial charge in [-0.1, -0.05) is 0 Å². The van der Waals surface area contributed by atoms with Gasteiger partial charge < -0.3 is 9.84 Å². The summed E-state index contributed by atoms with van der Waals surface area (Å²) in [6.45, 7) is 2.19. The van der Waals surface area contributed by atoms with Gasteiger partial charge in [-0.3, -0.25) is 0 Å². The Balaban J connectivity index is 2.31. The Labute approximate surface area is 92.9 Å². The van der Waals surface area contributed by atoms with Crippen molar-refractivity contribution in [2.24, 2.45) is 0 Å². The normalized spacial score (nSPS) is 13.2. The van der Waals surface area contributed by atoms with Gasteiger partial charge in [-0.05, 0) is 13.0 Å². The summed E-state index contributed by atoms with van der Waals surface area (Å²) in [4.78, 5) is 8.25. The zero-order chi connectivity index (χ0) is 11.5. The quantitative estimate of drug-likeness (QED) is 0.787. The van der Waals surface area contributed by atoms with Crippen LogP contribution in [-0.4, -0.2) is 44.5 Å². The minimum Gasteiger partial charge on any atom is -0.390 e. The summed E-state index contributed by atoms with van der Waals surface area (Å²) in [5.74, 6) is 0.555. The summed E-state index contributed by atoms with van der Waals surface area (Å²) in [5.41, 5.74) is 1.74. The standard InChI is InChI=1S/C10H14N4O2/c1-7-3-8(4-9(15)5-16-2)14-10(13-7)11-6-12-14/h3,6,9,15H,4-5H2,1-2H3. The van der Waals surface area contributed by atoms with Gasteiger partial charge in [-0.15, -0.1) is 0 Å². The number of aliphatic hydroxyl groups excluding tert-OH is 1. The molecule has 2 aromatic heterocycles. The van der Waals surface area contributed by atoms with Crippen molar-refractivity contribution in [2.45, 2.75) is 19.4 Å². The van der Waals surface area contributed by atoms with Crippen molar-refractivity contribution in [3.8, 4) is 0 Å². The van der Waals surface area contributed by atoms with Gasteiger partial charge in [0.25, 0.3) is 5.78 Å². The second-order valence-electron chi connectivity index (χ2n) is 3.67. The van der Waals surface area contributed by atoms with Gasteiger partial charge in [0.1, 0.15) is 6.33 Å². The summed E-state index contributed by atoms with van der Waals surface area (Å²) in [6, 6.07) is 1.89. The van der Waals surface area contributed by atoms with Gasteiger partial charge in [-0.25, -0.2) is 9.50 Å². The molecule has 2 rings (SSSR count). The van der Waals surface area contributed by atoms with Crippen LogP contribution in [0.15, 0.2) is 12.4 Å². The maximum absolute atomic E-state index is 9.68. The average molecular weight is 222 g/mol.